The summed E-state index contributed by atoms with van der Waals surface area (Å²) in [5.74, 6) is 1.65. The molecule has 2 amide bonds. The number of carbonyl (C=O) groups excluding carboxylic acids is 3. The topological polar surface area (TPSA) is 159 Å². The molecule has 1 saturated heterocycles. The van der Waals surface area contributed by atoms with Crippen LogP contribution in [0.4, 0.5) is 10.5 Å². The summed E-state index contributed by atoms with van der Waals surface area (Å²) in [7, 11) is 1.30. The number of aromatic nitrogens is 4. The number of amides is 2. The van der Waals surface area contributed by atoms with Gasteiger partial charge in [0.25, 0.3) is 0 Å². The first kappa shape index (κ1) is 35.3. The number of fused-ring (bicyclic) bond motifs is 2. The highest BCUT2D eigenvalue weighted by Gasteiger charge is 2.60. The fourth-order valence-electron chi connectivity index (χ4n) is 9.53. The van der Waals surface area contributed by atoms with Gasteiger partial charge in [-0.3, -0.25) is 4.79 Å². The zero-order chi connectivity index (χ0) is 37.6. The van der Waals surface area contributed by atoms with Crippen molar-refractivity contribution in [3.05, 3.63) is 102 Å². The number of anilines is 1. The lowest BCUT2D eigenvalue weighted by Crippen LogP contribution is -2.51. The minimum atomic E-state index is -0.678. The van der Waals surface area contributed by atoms with Crippen LogP contribution in [0.25, 0.3) is 33.6 Å². The number of nitrogens with zero attached hydrogens (tertiary/aromatic N) is 3. The maximum atomic E-state index is 13.5. The second-order valence-electron chi connectivity index (χ2n) is 15.5. The van der Waals surface area contributed by atoms with E-state index in [4.69, 9.17) is 15.5 Å². The summed E-state index contributed by atoms with van der Waals surface area (Å²) in [4.78, 5) is 56.5. The number of aromatic amines is 2. The first-order chi connectivity index (χ1) is 26.2. The number of hydrogen-bond donors (Lipinski definition) is 4. The van der Waals surface area contributed by atoms with Gasteiger partial charge < -0.3 is 35.4 Å². The number of methoxy groups -OCH3 is 1. The number of imidazole rings is 2. The van der Waals surface area contributed by atoms with Gasteiger partial charge >= 0.3 is 6.09 Å². The first-order valence-electron chi connectivity index (χ1n) is 19.0. The maximum absolute atomic E-state index is 13.5. The zero-order valence-electron chi connectivity index (χ0n) is 30.9. The van der Waals surface area contributed by atoms with E-state index in [2.05, 4.69) is 74.9 Å². The number of H-pyrrole nitrogens is 2. The third kappa shape index (κ3) is 6.15. The maximum Gasteiger partial charge on any atom is 0.407 e. The van der Waals surface area contributed by atoms with E-state index in [0.29, 0.717) is 12.5 Å². The second kappa shape index (κ2) is 14.3. The Morgan fingerprint density at radius 2 is 1.52 bits per heavy atom. The predicted octanol–water partition coefficient (Wildman–Crippen LogP) is 7.41. The minimum Gasteiger partial charge on any atom is -0.453 e. The Bertz CT molecular complexity index is 2160. The van der Waals surface area contributed by atoms with Crippen molar-refractivity contribution in [2.75, 3.05) is 19.4 Å². The highest BCUT2D eigenvalue weighted by atomic mass is 16.5. The summed E-state index contributed by atoms with van der Waals surface area (Å²) >= 11 is 0. The van der Waals surface area contributed by atoms with Crippen LogP contribution in [0.15, 0.2) is 85.2 Å². The van der Waals surface area contributed by atoms with Crippen molar-refractivity contribution in [1.29, 1.82) is 0 Å². The summed E-state index contributed by atoms with van der Waals surface area (Å²) in [6.07, 6.45) is 8.87. The molecule has 2 aliphatic carbocycles. The molecule has 2 saturated carbocycles. The number of nitrogens with one attached hydrogen (secondary N) is 3. The third-order valence-corrected chi connectivity index (χ3v) is 12.2. The smallest absolute Gasteiger partial charge is 0.407 e. The predicted molar refractivity (Wildman–Crippen MR) is 207 cm³/mol. The van der Waals surface area contributed by atoms with Crippen LogP contribution in [0.5, 0.6) is 0 Å². The number of likely N-dealkylation sites (tertiary alicyclic amines) is 1. The summed E-state index contributed by atoms with van der Waals surface area (Å²) < 4.78 is 4.76. The molecule has 5 N–H and O–H groups in total. The largest absolute Gasteiger partial charge is 0.453 e. The van der Waals surface area contributed by atoms with Crippen LogP contribution in [-0.4, -0.2) is 62.8 Å². The number of ether oxygens (including phenoxy) is 1. The number of alkyl carbamates (subject to hydrolysis) is 1. The monoisotopic (exact) mass is 725 g/mol. The zero-order valence-corrected chi connectivity index (χ0v) is 30.9. The lowest BCUT2D eigenvalue weighted by atomic mass is 9.66. The molecule has 54 heavy (non-hydrogen) atoms. The number of rotatable bonds is 10. The van der Waals surface area contributed by atoms with Gasteiger partial charge in [-0.2, -0.15) is 0 Å². The first-order valence-corrected chi connectivity index (χ1v) is 19.0. The van der Waals surface area contributed by atoms with E-state index < -0.39 is 12.1 Å². The van der Waals surface area contributed by atoms with Gasteiger partial charge in [0.15, 0.2) is 0 Å². The lowest BCUT2D eigenvalue weighted by molar-refractivity contribution is -0.135. The van der Waals surface area contributed by atoms with Crippen LogP contribution >= 0.6 is 0 Å². The van der Waals surface area contributed by atoms with E-state index in [0.717, 1.165) is 94.9 Å². The molecule has 6 atom stereocenters. The molecule has 1 aliphatic heterocycles. The highest BCUT2D eigenvalue weighted by Crippen LogP contribution is 2.64. The highest BCUT2D eigenvalue weighted by molar-refractivity contribution is 5.86. The van der Waals surface area contributed by atoms with Crippen LogP contribution < -0.4 is 11.1 Å². The molecule has 0 radical (unpaired) electrons. The number of nitrogen functional groups attached to an aromatic ring is 1. The molecule has 8 rings (SSSR count). The normalized spacial score (nSPS) is 23.8. The van der Waals surface area contributed by atoms with Gasteiger partial charge in [0.2, 0.25) is 5.91 Å². The summed E-state index contributed by atoms with van der Waals surface area (Å²) in [6.45, 7) is 4.42. The summed E-state index contributed by atoms with van der Waals surface area (Å²) in [6, 6.07) is 23.9. The van der Waals surface area contributed by atoms with Crippen molar-refractivity contribution < 1.29 is 19.1 Å². The van der Waals surface area contributed by atoms with Gasteiger partial charge in [-0.05, 0) is 77.8 Å². The Morgan fingerprint density at radius 3 is 2.13 bits per heavy atom. The van der Waals surface area contributed by atoms with Crippen molar-refractivity contribution in [2.45, 2.75) is 69.4 Å². The number of carbonyl (C=O) groups is 3. The molecule has 0 spiro atoms. The van der Waals surface area contributed by atoms with Crippen LogP contribution in [0.1, 0.15) is 75.1 Å². The molecule has 3 aliphatic rings. The van der Waals surface area contributed by atoms with E-state index in [1.54, 1.807) is 0 Å². The van der Waals surface area contributed by atoms with Crippen molar-refractivity contribution in [3.63, 3.8) is 0 Å². The number of nitrogens with two attached hydrogens (primary N) is 1. The van der Waals surface area contributed by atoms with Crippen LogP contribution in [-0.2, 0) is 19.7 Å². The van der Waals surface area contributed by atoms with Crippen LogP contribution in [0, 0.1) is 17.8 Å². The molecule has 11 nitrogen and oxygen atoms in total. The van der Waals surface area contributed by atoms with Crippen molar-refractivity contribution >= 4 is 24.0 Å². The third-order valence-electron chi connectivity index (χ3n) is 12.2. The number of aldehydes is 1. The average molecular weight is 726 g/mol. The Kier molecular flexibility index (Phi) is 9.33. The fraction of sp³-hybridized carbons (Fsp3) is 0.372. The van der Waals surface area contributed by atoms with Gasteiger partial charge in [-0.15, -0.1) is 0 Å². The molecule has 4 unspecified atom stereocenters. The van der Waals surface area contributed by atoms with Crippen molar-refractivity contribution in [3.8, 4) is 33.6 Å². The lowest BCUT2D eigenvalue weighted by Gasteiger charge is -2.36. The van der Waals surface area contributed by atoms with Crippen molar-refractivity contribution in [1.82, 2.24) is 30.2 Å². The van der Waals surface area contributed by atoms with Crippen LogP contribution in [0.3, 0.4) is 0 Å². The van der Waals surface area contributed by atoms with Gasteiger partial charge in [-0.1, -0.05) is 80.6 Å². The van der Waals surface area contributed by atoms with E-state index in [-0.39, 0.29) is 35.1 Å². The van der Waals surface area contributed by atoms with Crippen LogP contribution in [0.2, 0.25) is 0 Å². The molecular weight excluding hydrogens is 679 g/mol. The number of benzene rings is 3. The van der Waals surface area contributed by atoms with E-state index in [9.17, 15) is 14.4 Å². The molecule has 3 fully saturated rings. The SMILES string of the molecule is COC(=O)N[C@H](C(=O)N1CCC[C@H]1c1ncc(-c2ccc(-c3ccc(-c4cnc(C5C6CCC(c7ccccc7N)(C6)C5C=O)[nH]4)cc3)cc2)[nH]1)C(C)C. The molecule has 5 aromatic rings. The van der Waals surface area contributed by atoms with E-state index in [1.807, 2.05) is 49.3 Å². The second-order valence-corrected chi connectivity index (χ2v) is 15.5. The average Bonchev–Trinajstić information content (AvgIpc) is 4.05. The molecule has 278 valence electrons. The molecule has 3 heterocycles. The summed E-state index contributed by atoms with van der Waals surface area (Å²) in [5.41, 5.74) is 14.1. The quantitative estimate of drug-likeness (QED) is 0.0862. The molecule has 2 bridgehead atoms. The van der Waals surface area contributed by atoms with Gasteiger partial charge in [0.05, 0.1) is 36.9 Å². The Morgan fingerprint density at radius 1 is 0.907 bits per heavy atom. The number of hydrogen-bond acceptors (Lipinski definition) is 7. The van der Waals surface area contributed by atoms with Gasteiger partial charge in [0, 0.05) is 29.5 Å². The molecule has 11 heteroatoms. The Balaban J connectivity index is 0.945. The Hall–Kier alpha value is -5.71. The number of para-hydroxylation sites is 1. The van der Waals surface area contributed by atoms with E-state index in [1.165, 1.54) is 7.11 Å². The summed E-state index contributed by atoms with van der Waals surface area (Å²) in [5, 5.41) is 2.70. The Labute approximate surface area is 315 Å². The molecule has 3 aromatic carbocycles. The fourth-order valence-corrected chi connectivity index (χ4v) is 9.53. The van der Waals surface area contributed by atoms with E-state index >= 15 is 0 Å². The molecule has 2 aromatic heterocycles. The minimum absolute atomic E-state index is 0.0421. The standard InChI is InChI=1S/C43H47N7O4/c1-25(2)38(49-42(53)54-3)41(52)50-20-6-9-36(50)39-45-22-34(47-39)28-14-10-26(11-15-28)27-12-16-29(17-13-27)35-23-46-40(48-35)37-30-18-19-43(21-30,32(37)24-51)31-7-4-5-8-33(31)44/h4-5,7-8,10-17,22-25,30,32,36-38H,6,9,18-21,44H2,1-3H3,(H,45,47)(H,46,48)(H,49,53)/t30?,32?,36-,37?,38-,43?/m0/s1. The van der Waals surface area contributed by atoms with Gasteiger partial charge in [-0.25, -0.2) is 14.8 Å². The van der Waals surface area contributed by atoms with Crippen molar-refractivity contribution in [2.24, 2.45) is 17.8 Å². The molecular formula is C43H47N7O4. The van der Waals surface area contributed by atoms with Gasteiger partial charge in [0.1, 0.15) is 24.0 Å².